The number of ketones is 1. The van der Waals surface area contributed by atoms with Crippen LogP contribution in [-0.2, 0) is 0 Å². The van der Waals surface area contributed by atoms with Crippen LogP contribution in [0.1, 0.15) is 15.2 Å². The number of rotatable bonds is 2. The number of carbonyl (C=O) groups excluding carboxylic acids is 1. The molecule has 0 saturated heterocycles. The predicted molar refractivity (Wildman–Crippen MR) is 65.9 cm³/mol. The second kappa shape index (κ2) is 4.96. The number of benzene rings is 1. The first kappa shape index (κ1) is 11.8. The van der Waals surface area contributed by atoms with Crippen LogP contribution in [0.5, 0.6) is 0 Å². The number of nitrogens with two attached hydrogens (primary N) is 1. The first-order valence-electron chi connectivity index (χ1n) is 4.21. The van der Waals surface area contributed by atoms with E-state index in [0.717, 1.165) is 4.88 Å². The Labute approximate surface area is 98.1 Å². The van der Waals surface area contributed by atoms with Crippen LogP contribution in [0.4, 0.5) is 5.69 Å². The summed E-state index contributed by atoms with van der Waals surface area (Å²) >= 11 is 1.45. The molecule has 0 bridgehead atoms. The molecule has 0 aliphatic heterocycles. The number of carbonyl (C=O) groups is 1. The average molecular weight is 240 g/mol. The lowest BCUT2D eigenvalue weighted by Gasteiger charge is -1.98. The third-order valence-electron chi connectivity index (χ3n) is 1.92. The fraction of sp³-hybridized carbons (Fsp3) is 0. The Balaban J connectivity index is 0.00000112. The van der Waals surface area contributed by atoms with E-state index in [1.807, 2.05) is 17.5 Å². The van der Waals surface area contributed by atoms with Gasteiger partial charge in [0.1, 0.15) is 0 Å². The maximum absolute atomic E-state index is 11.8. The van der Waals surface area contributed by atoms with Gasteiger partial charge in [0.2, 0.25) is 5.78 Å². The lowest BCUT2D eigenvalue weighted by molar-refractivity contribution is 0.104. The highest BCUT2D eigenvalue weighted by Gasteiger charge is 2.08. The third-order valence-corrected chi connectivity index (χ3v) is 2.79. The molecule has 0 fully saturated rings. The van der Waals surface area contributed by atoms with E-state index in [1.54, 1.807) is 24.3 Å². The molecular weight excluding hydrogens is 230 g/mol. The van der Waals surface area contributed by atoms with E-state index in [0.29, 0.717) is 11.3 Å². The Morgan fingerprint density at radius 3 is 2.33 bits per heavy atom. The molecule has 0 aliphatic carbocycles. The van der Waals surface area contributed by atoms with E-state index < -0.39 is 0 Å². The molecule has 2 N–H and O–H groups in total. The molecule has 2 aromatic rings. The van der Waals surface area contributed by atoms with Crippen molar-refractivity contribution in [2.45, 2.75) is 0 Å². The van der Waals surface area contributed by atoms with Gasteiger partial charge in [-0.15, -0.1) is 23.7 Å². The van der Waals surface area contributed by atoms with Gasteiger partial charge in [0, 0.05) is 11.3 Å². The highest BCUT2D eigenvalue weighted by molar-refractivity contribution is 7.12. The van der Waals surface area contributed by atoms with Gasteiger partial charge in [-0.25, -0.2) is 0 Å². The molecule has 0 aliphatic rings. The minimum atomic E-state index is 0. The fourth-order valence-electron chi connectivity index (χ4n) is 1.18. The van der Waals surface area contributed by atoms with E-state index in [2.05, 4.69) is 0 Å². The standard InChI is InChI=1S/C11H9NOS.ClH/c12-9-5-3-8(4-6-9)11(13)10-2-1-7-14-10;/h1-7H,12H2;1H. The number of thiophene rings is 1. The molecule has 2 rings (SSSR count). The third kappa shape index (κ3) is 2.58. The zero-order chi connectivity index (χ0) is 9.97. The maximum atomic E-state index is 11.8. The van der Waals surface area contributed by atoms with E-state index in [4.69, 9.17) is 5.73 Å². The summed E-state index contributed by atoms with van der Waals surface area (Å²) in [5.41, 5.74) is 6.89. The number of hydrogen-bond donors (Lipinski definition) is 1. The molecule has 78 valence electrons. The van der Waals surface area contributed by atoms with Crippen molar-refractivity contribution in [3.05, 3.63) is 52.2 Å². The summed E-state index contributed by atoms with van der Waals surface area (Å²) in [5.74, 6) is 0.0556. The van der Waals surface area contributed by atoms with Gasteiger partial charge in [0.05, 0.1) is 4.88 Å². The van der Waals surface area contributed by atoms with Crippen molar-refractivity contribution in [1.82, 2.24) is 0 Å². The number of hydrogen-bond acceptors (Lipinski definition) is 3. The van der Waals surface area contributed by atoms with Crippen LogP contribution >= 0.6 is 23.7 Å². The van der Waals surface area contributed by atoms with Crippen LogP contribution in [0.2, 0.25) is 0 Å². The van der Waals surface area contributed by atoms with Gasteiger partial charge >= 0.3 is 0 Å². The molecule has 0 spiro atoms. The van der Waals surface area contributed by atoms with Crippen LogP contribution in [0.25, 0.3) is 0 Å². The Kier molecular flexibility index (Phi) is 3.88. The van der Waals surface area contributed by atoms with E-state index >= 15 is 0 Å². The molecule has 4 heteroatoms. The predicted octanol–water partition coefficient (Wildman–Crippen LogP) is 2.98. The van der Waals surface area contributed by atoms with Crippen molar-refractivity contribution in [1.29, 1.82) is 0 Å². The summed E-state index contributed by atoms with van der Waals surface area (Å²) in [5, 5.41) is 1.89. The van der Waals surface area contributed by atoms with E-state index in [1.165, 1.54) is 11.3 Å². The highest BCUT2D eigenvalue weighted by Crippen LogP contribution is 2.15. The van der Waals surface area contributed by atoms with Crippen LogP contribution in [0.3, 0.4) is 0 Å². The number of anilines is 1. The molecule has 0 atom stereocenters. The smallest absolute Gasteiger partial charge is 0.202 e. The molecule has 1 aromatic heterocycles. The fourth-order valence-corrected chi connectivity index (χ4v) is 1.87. The second-order valence-electron chi connectivity index (χ2n) is 2.93. The van der Waals surface area contributed by atoms with Gasteiger partial charge in [-0.2, -0.15) is 0 Å². The average Bonchev–Trinajstić information content (AvgIpc) is 2.71. The zero-order valence-corrected chi connectivity index (χ0v) is 9.48. The van der Waals surface area contributed by atoms with E-state index in [-0.39, 0.29) is 18.2 Å². The van der Waals surface area contributed by atoms with Gasteiger partial charge in [-0.05, 0) is 35.7 Å². The Hall–Kier alpha value is -1.32. The highest BCUT2D eigenvalue weighted by atomic mass is 35.5. The zero-order valence-electron chi connectivity index (χ0n) is 7.84. The molecule has 15 heavy (non-hydrogen) atoms. The van der Waals surface area contributed by atoms with Crippen LogP contribution < -0.4 is 5.73 Å². The van der Waals surface area contributed by atoms with Crippen LogP contribution in [-0.4, -0.2) is 5.78 Å². The summed E-state index contributed by atoms with van der Waals surface area (Å²) in [6.07, 6.45) is 0. The van der Waals surface area contributed by atoms with Crippen molar-refractivity contribution in [2.75, 3.05) is 5.73 Å². The van der Waals surface area contributed by atoms with Gasteiger partial charge in [0.25, 0.3) is 0 Å². The maximum Gasteiger partial charge on any atom is 0.202 e. The van der Waals surface area contributed by atoms with Crippen molar-refractivity contribution >= 4 is 35.2 Å². The topological polar surface area (TPSA) is 43.1 Å². The minimum absolute atomic E-state index is 0. The minimum Gasteiger partial charge on any atom is -0.399 e. The quantitative estimate of drug-likeness (QED) is 0.647. The van der Waals surface area contributed by atoms with Crippen molar-refractivity contribution in [3.63, 3.8) is 0 Å². The molecule has 1 heterocycles. The molecular formula is C11H10ClNOS. The second-order valence-corrected chi connectivity index (χ2v) is 3.88. The van der Waals surface area contributed by atoms with Crippen molar-refractivity contribution in [2.24, 2.45) is 0 Å². The Bertz CT molecular complexity index is 436. The first-order valence-corrected chi connectivity index (χ1v) is 5.09. The number of nitrogen functional groups attached to an aromatic ring is 1. The number of halogens is 1. The lowest BCUT2D eigenvalue weighted by atomic mass is 10.1. The summed E-state index contributed by atoms with van der Waals surface area (Å²) in [4.78, 5) is 12.5. The molecule has 2 nitrogen and oxygen atoms in total. The summed E-state index contributed by atoms with van der Waals surface area (Å²) < 4.78 is 0. The van der Waals surface area contributed by atoms with Gasteiger partial charge in [-0.1, -0.05) is 6.07 Å². The SMILES string of the molecule is Cl.Nc1ccc(C(=O)c2cccs2)cc1. The molecule has 0 unspecified atom stereocenters. The van der Waals surface area contributed by atoms with Crippen LogP contribution in [0, 0.1) is 0 Å². The lowest BCUT2D eigenvalue weighted by Crippen LogP contribution is -1.98. The Morgan fingerprint density at radius 2 is 1.80 bits per heavy atom. The van der Waals surface area contributed by atoms with Crippen molar-refractivity contribution < 1.29 is 4.79 Å². The van der Waals surface area contributed by atoms with Gasteiger partial charge in [0.15, 0.2) is 0 Å². The Morgan fingerprint density at radius 1 is 1.13 bits per heavy atom. The molecule has 1 aromatic carbocycles. The molecule has 0 radical (unpaired) electrons. The largest absolute Gasteiger partial charge is 0.399 e. The summed E-state index contributed by atoms with van der Waals surface area (Å²) in [6, 6.07) is 10.7. The summed E-state index contributed by atoms with van der Waals surface area (Å²) in [6.45, 7) is 0. The van der Waals surface area contributed by atoms with Gasteiger partial charge in [-0.3, -0.25) is 4.79 Å². The normalized spacial score (nSPS) is 9.33. The van der Waals surface area contributed by atoms with Crippen molar-refractivity contribution in [3.8, 4) is 0 Å². The molecule has 0 saturated carbocycles. The van der Waals surface area contributed by atoms with Gasteiger partial charge < -0.3 is 5.73 Å². The van der Waals surface area contributed by atoms with Crippen LogP contribution in [0.15, 0.2) is 41.8 Å². The molecule has 0 amide bonds. The monoisotopic (exact) mass is 239 g/mol. The first-order chi connectivity index (χ1) is 6.77. The van der Waals surface area contributed by atoms with E-state index in [9.17, 15) is 4.79 Å². The summed E-state index contributed by atoms with van der Waals surface area (Å²) in [7, 11) is 0.